The summed E-state index contributed by atoms with van der Waals surface area (Å²) in [5, 5.41) is 12.6. The second-order valence-corrected chi connectivity index (χ2v) is 6.15. The molecule has 0 unspecified atom stereocenters. The number of thioether (sulfide) groups is 1. The number of esters is 1. The van der Waals surface area contributed by atoms with Crippen molar-refractivity contribution < 1.29 is 19.4 Å². The predicted molar refractivity (Wildman–Crippen MR) is 96.7 cm³/mol. The Morgan fingerprint density at radius 2 is 2.00 bits per heavy atom. The summed E-state index contributed by atoms with van der Waals surface area (Å²) in [5.74, 6) is -0.533. The van der Waals surface area contributed by atoms with E-state index in [9.17, 15) is 14.7 Å². The number of carbonyl (C=O) groups excluding carboxylic acids is 2. The third-order valence-corrected chi connectivity index (χ3v) is 4.25. The summed E-state index contributed by atoms with van der Waals surface area (Å²) in [4.78, 5) is 28.3. The maximum atomic E-state index is 12.0. The molecule has 1 amide bonds. The number of hydrogen-bond acceptors (Lipinski definition) is 6. The number of ether oxygens (including phenoxy) is 1. The monoisotopic (exact) mass is 354 g/mol. The van der Waals surface area contributed by atoms with Gasteiger partial charge in [0.1, 0.15) is 5.75 Å². The van der Waals surface area contributed by atoms with Crippen LogP contribution in [0, 0.1) is 0 Å². The Balaban J connectivity index is 1.77. The second-order valence-electron chi connectivity index (χ2n) is 5.12. The minimum Gasteiger partial charge on any atom is -0.508 e. The van der Waals surface area contributed by atoms with E-state index in [1.165, 1.54) is 18.9 Å². The number of aliphatic imine (C=N–C) groups is 1. The third kappa shape index (κ3) is 4.07. The minimum atomic E-state index is -0.418. The van der Waals surface area contributed by atoms with E-state index in [1.807, 2.05) is 0 Å². The zero-order chi connectivity index (χ0) is 17.8. The summed E-state index contributed by atoms with van der Waals surface area (Å²) in [6, 6.07) is 13.2. The van der Waals surface area contributed by atoms with Gasteiger partial charge in [-0.25, -0.2) is 9.79 Å². The predicted octanol–water partition coefficient (Wildman–Crippen LogP) is 3.07. The fourth-order valence-corrected chi connectivity index (χ4v) is 3.00. The van der Waals surface area contributed by atoms with Crippen LogP contribution >= 0.6 is 11.8 Å². The molecule has 0 aromatic heterocycles. The number of methoxy groups -OCH3 is 1. The number of amidine groups is 1. The number of rotatable bonds is 3. The molecule has 1 aliphatic heterocycles. The van der Waals surface area contributed by atoms with E-state index in [2.05, 4.69) is 15.0 Å². The Bertz CT molecular complexity index is 888. The average Bonchev–Trinajstić information content (AvgIpc) is 2.94. The highest BCUT2D eigenvalue weighted by Gasteiger charge is 2.23. The highest BCUT2D eigenvalue weighted by atomic mass is 32.2. The molecule has 0 spiro atoms. The summed E-state index contributed by atoms with van der Waals surface area (Å²) in [6.45, 7) is 0. The lowest BCUT2D eigenvalue weighted by Gasteiger charge is -2.00. The van der Waals surface area contributed by atoms with Crippen molar-refractivity contribution in [1.82, 2.24) is 5.32 Å². The molecule has 1 fully saturated rings. The van der Waals surface area contributed by atoms with Gasteiger partial charge in [-0.1, -0.05) is 12.1 Å². The van der Waals surface area contributed by atoms with Gasteiger partial charge in [0.15, 0.2) is 5.17 Å². The molecule has 0 aliphatic carbocycles. The maximum absolute atomic E-state index is 12.0. The molecular weight excluding hydrogens is 340 g/mol. The van der Waals surface area contributed by atoms with Crippen molar-refractivity contribution in [1.29, 1.82) is 0 Å². The molecule has 0 atom stereocenters. The Kier molecular flexibility index (Phi) is 4.85. The van der Waals surface area contributed by atoms with Crippen LogP contribution in [0.3, 0.4) is 0 Å². The van der Waals surface area contributed by atoms with Crippen molar-refractivity contribution in [2.45, 2.75) is 0 Å². The van der Waals surface area contributed by atoms with Crippen LogP contribution in [0.5, 0.6) is 5.75 Å². The van der Waals surface area contributed by atoms with E-state index in [-0.39, 0.29) is 11.7 Å². The van der Waals surface area contributed by atoms with Gasteiger partial charge in [-0.2, -0.15) is 0 Å². The summed E-state index contributed by atoms with van der Waals surface area (Å²) < 4.78 is 4.64. The van der Waals surface area contributed by atoms with E-state index >= 15 is 0 Å². The second kappa shape index (κ2) is 7.23. The van der Waals surface area contributed by atoms with Gasteiger partial charge in [-0.15, -0.1) is 0 Å². The molecule has 1 aliphatic rings. The summed E-state index contributed by atoms with van der Waals surface area (Å²) in [7, 11) is 1.32. The quantitative estimate of drug-likeness (QED) is 0.653. The molecule has 2 aromatic rings. The van der Waals surface area contributed by atoms with E-state index in [0.29, 0.717) is 21.3 Å². The lowest BCUT2D eigenvalue weighted by Crippen LogP contribution is -2.19. The van der Waals surface area contributed by atoms with Crippen molar-refractivity contribution in [2.24, 2.45) is 4.99 Å². The van der Waals surface area contributed by atoms with E-state index in [0.717, 1.165) is 5.56 Å². The third-order valence-electron chi connectivity index (χ3n) is 3.34. The number of phenols is 1. The lowest BCUT2D eigenvalue weighted by molar-refractivity contribution is -0.115. The smallest absolute Gasteiger partial charge is 0.337 e. The number of amides is 1. The van der Waals surface area contributed by atoms with Crippen LogP contribution in [-0.4, -0.2) is 29.3 Å². The number of hydrogen-bond donors (Lipinski definition) is 2. The van der Waals surface area contributed by atoms with Crippen molar-refractivity contribution in [3.8, 4) is 5.75 Å². The lowest BCUT2D eigenvalue weighted by atomic mass is 10.2. The van der Waals surface area contributed by atoms with Gasteiger partial charge in [0, 0.05) is 0 Å². The maximum Gasteiger partial charge on any atom is 0.337 e. The first kappa shape index (κ1) is 16.8. The molecule has 0 radical (unpaired) electrons. The van der Waals surface area contributed by atoms with Crippen LogP contribution in [0.15, 0.2) is 58.4 Å². The van der Waals surface area contributed by atoms with Crippen LogP contribution in [0.1, 0.15) is 15.9 Å². The zero-order valence-electron chi connectivity index (χ0n) is 13.2. The van der Waals surface area contributed by atoms with Crippen molar-refractivity contribution in [3.05, 3.63) is 64.6 Å². The van der Waals surface area contributed by atoms with Gasteiger partial charge in [0.25, 0.3) is 5.91 Å². The first-order valence-electron chi connectivity index (χ1n) is 7.32. The SMILES string of the molecule is COC(=O)c1ccc(N=C2NC(=O)/C(=C/c3cccc(O)c3)S2)cc1. The molecule has 6 nitrogen and oxygen atoms in total. The van der Waals surface area contributed by atoms with Gasteiger partial charge < -0.3 is 15.2 Å². The van der Waals surface area contributed by atoms with Crippen LogP contribution in [0.4, 0.5) is 5.69 Å². The van der Waals surface area contributed by atoms with Crippen LogP contribution in [0.25, 0.3) is 6.08 Å². The zero-order valence-corrected chi connectivity index (χ0v) is 14.0. The number of nitrogens with zero attached hydrogens (tertiary/aromatic N) is 1. The van der Waals surface area contributed by atoms with E-state index in [4.69, 9.17) is 0 Å². The fourth-order valence-electron chi connectivity index (χ4n) is 2.15. The topological polar surface area (TPSA) is 88.0 Å². The largest absolute Gasteiger partial charge is 0.508 e. The molecule has 1 heterocycles. The molecule has 0 saturated carbocycles. The Hall–Kier alpha value is -3.06. The Labute approximate surface area is 148 Å². The fraction of sp³-hybridized carbons (Fsp3) is 0.0556. The van der Waals surface area contributed by atoms with E-state index < -0.39 is 5.97 Å². The standard InChI is InChI=1S/C18H14N2O4S/c1-24-17(23)12-5-7-13(8-6-12)19-18-20-16(22)15(25-18)10-11-3-2-4-14(21)9-11/h2-10,21H,1H3,(H,19,20,22)/b15-10-. The molecule has 3 rings (SSSR count). The number of carbonyl (C=O) groups is 2. The van der Waals surface area contributed by atoms with Gasteiger partial charge in [-0.3, -0.25) is 4.79 Å². The number of benzene rings is 2. The first-order valence-corrected chi connectivity index (χ1v) is 8.14. The highest BCUT2D eigenvalue weighted by Crippen LogP contribution is 2.28. The summed E-state index contributed by atoms with van der Waals surface area (Å²) >= 11 is 1.21. The number of aromatic hydroxyl groups is 1. The van der Waals surface area contributed by atoms with Gasteiger partial charge in [0.05, 0.1) is 23.3 Å². The molecule has 1 saturated heterocycles. The van der Waals surface area contributed by atoms with Crippen LogP contribution in [-0.2, 0) is 9.53 Å². The molecule has 2 N–H and O–H groups in total. The summed E-state index contributed by atoms with van der Waals surface area (Å²) in [6.07, 6.45) is 1.68. The highest BCUT2D eigenvalue weighted by molar-refractivity contribution is 8.18. The molecule has 2 aromatic carbocycles. The molecule has 7 heteroatoms. The molecule has 0 bridgehead atoms. The van der Waals surface area contributed by atoms with Gasteiger partial charge in [0.2, 0.25) is 0 Å². The average molecular weight is 354 g/mol. The van der Waals surface area contributed by atoms with Crippen LogP contribution in [0.2, 0.25) is 0 Å². The number of nitrogens with one attached hydrogen (secondary N) is 1. The van der Waals surface area contributed by atoms with Crippen molar-refractivity contribution in [3.63, 3.8) is 0 Å². The summed E-state index contributed by atoms with van der Waals surface area (Å²) in [5.41, 5.74) is 1.76. The number of phenolic OH excluding ortho intramolecular Hbond substituents is 1. The van der Waals surface area contributed by atoms with E-state index in [1.54, 1.807) is 54.6 Å². The minimum absolute atomic E-state index is 0.136. The van der Waals surface area contributed by atoms with Crippen LogP contribution < -0.4 is 5.32 Å². The molecular formula is C18H14N2O4S. The Morgan fingerprint density at radius 1 is 1.24 bits per heavy atom. The molecule has 126 valence electrons. The van der Waals surface area contributed by atoms with Gasteiger partial charge >= 0.3 is 5.97 Å². The van der Waals surface area contributed by atoms with Crippen molar-refractivity contribution in [2.75, 3.05) is 7.11 Å². The molecule has 25 heavy (non-hydrogen) atoms. The Morgan fingerprint density at radius 3 is 2.68 bits per heavy atom. The first-order chi connectivity index (χ1) is 12.0. The normalized spacial score (nSPS) is 16.9. The van der Waals surface area contributed by atoms with Crippen molar-refractivity contribution >= 4 is 40.6 Å². The van der Waals surface area contributed by atoms with Gasteiger partial charge in [-0.05, 0) is 59.8 Å².